The lowest BCUT2D eigenvalue weighted by atomic mass is 10.1. The lowest BCUT2D eigenvalue weighted by Crippen LogP contribution is -1.97. The Morgan fingerprint density at radius 1 is 1.18 bits per heavy atom. The fourth-order valence-corrected chi connectivity index (χ4v) is 2.65. The Morgan fingerprint density at radius 3 is 2.35 bits per heavy atom. The van der Waals surface area contributed by atoms with E-state index in [0.717, 1.165) is 16.9 Å². The minimum absolute atomic E-state index is 0.346. The molecule has 1 aromatic heterocycles. The zero-order valence-electron chi connectivity index (χ0n) is 10.0. The second kappa shape index (κ2) is 4.71. The maximum Gasteiger partial charge on any atom is 0.136 e. The molecule has 0 amide bonds. The third-order valence-electron chi connectivity index (χ3n) is 2.71. The number of hydrogen-bond acceptors (Lipinski definition) is 1. The van der Waals surface area contributed by atoms with E-state index >= 15 is 0 Å². The van der Waals surface area contributed by atoms with Gasteiger partial charge in [-0.25, -0.2) is 4.68 Å². The van der Waals surface area contributed by atoms with Crippen molar-refractivity contribution in [1.82, 2.24) is 9.78 Å². The van der Waals surface area contributed by atoms with Gasteiger partial charge in [0.25, 0.3) is 0 Å². The molecule has 0 spiro atoms. The van der Waals surface area contributed by atoms with Crippen molar-refractivity contribution in [3.63, 3.8) is 0 Å². The predicted octanol–water partition coefficient (Wildman–Crippen LogP) is 4.61. The summed E-state index contributed by atoms with van der Waals surface area (Å²) in [5.41, 5.74) is 2.84. The lowest BCUT2D eigenvalue weighted by Gasteiger charge is -2.07. The second-order valence-corrected chi connectivity index (χ2v) is 5.07. The summed E-state index contributed by atoms with van der Waals surface area (Å²) in [6, 6.07) is 7.55. The minimum atomic E-state index is 0.346. The van der Waals surface area contributed by atoms with E-state index in [4.69, 9.17) is 23.2 Å². The molecule has 0 saturated heterocycles. The molecule has 0 aliphatic carbocycles. The molecule has 0 saturated carbocycles. The van der Waals surface area contributed by atoms with Gasteiger partial charge in [-0.15, -0.1) is 0 Å². The first-order chi connectivity index (χ1) is 8.02. The summed E-state index contributed by atoms with van der Waals surface area (Å²) >= 11 is 12.5. The van der Waals surface area contributed by atoms with E-state index < -0.39 is 0 Å². The Balaban J connectivity index is 2.62. The van der Waals surface area contributed by atoms with Gasteiger partial charge in [0.15, 0.2) is 0 Å². The number of benzene rings is 1. The largest absolute Gasteiger partial charge is 0.220 e. The van der Waals surface area contributed by atoms with Gasteiger partial charge >= 0.3 is 0 Å². The fraction of sp³-hybridized carbons (Fsp3) is 0.308. The first-order valence-corrected chi connectivity index (χ1v) is 6.28. The van der Waals surface area contributed by atoms with Crippen LogP contribution in [-0.4, -0.2) is 9.78 Å². The number of aromatic nitrogens is 2. The average Bonchev–Trinajstić information content (AvgIpc) is 2.55. The summed E-state index contributed by atoms with van der Waals surface area (Å²) in [5.74, 6) is 0.346. The van der Waals surface area contributed by atoms with Gasteiger partial charge in [-0.2, -0.15) is 5.10 Å². The number of aryl methyl sites for hydroxylation is 1. The van der Waals surface area contributed by atoms with Gasteiger partial charge in [0.1, 0.15) is 5.15 Å². The van der Waals surface area contributed by atoms with Crippen molar-refractivity contribution in [2.24, 2.45) is 0 Å². The Morgan fingerprint density at radius 2 is 1.82 bits per heavy atom. The van der Waals surface area contributed by atoms with Crippen LogP contribution in [0.15, 0.2) is 24.3 Å². The van der Waals surface area contributed by atoms with Crippen LogP contribution in [0.1, 0.15) is 31.0 Å². The number of para-hydroxylation sites is 1. The summed E-state index contributed by atoms with van der Waals surface area (Å²) < 4.78 is 1.70. The normalized spacial score (nSPS) is 11.2. The number of halogens is 2. The molecule has 0 N–H and O–H groups in total. The number of hydrogen-bond donors (Lipinski definition) is 0. The topological polar surface area (TPSA) is 17.8 Å². The van der Waals surface area contributed by atoms with Gasteiger partial charge in [-0.05, 0) is 25.0 Å². The molecular formula is C13H14Cl2N2. The van der Waals surface area contributed by atoms with Crippen LogP contribution < -0.4 is 0 Å². The second-order valence-electron chi connectivity index (χ2n) is 4.31. The Kier molecular flexibility index (Phi) is 3.45. The van der Waals surface area contributed by atoms with Crippen LogP contribution in [-0.2, 0) is 0 Å². The molecule has 2 nitrogen and oxygen atoms in total. The zero-order valence-corrected chi connectivity index (χ0v) is 11.5. The zero-order chi connectivity index (χ0) is 12.6. The van der Waals surface area contributed by atoms with Crippen LogP contribution in [0.2, 0.25) is 10.2 Å². The first-order valence-electron chi connectivity index (χ1n) is 5.52. The molecule has 0 fully saturated rings. The molecule has 4 heteroatoms. The summed E-state index contributed by atoms with van der Waals surface area (Å²) in [6.07, 6.45) is 0. The van der Waals surface area contributed by atoms with Gasteiger partial charge in [0, 0.05) is 5.56 Å². The van der Waals surface area contributed by atoms with E-state index in [1.54, 1.807) is 4.68 Å². The van der Waals surface area contributed by atoms with Gasteiger partial charge in [-0.3, -0.25) is 0 Å². The predicted molar refractivity (Wildman–Crippen MR) is 72.4 cm³/mol. The quantitative estimate of drug-likeness (QED) is 0.778. The van der Waals surface area contributed by atoms with Crippen LogP contribution in [0.5, 0.6) is 0 Å². The van der Waals surface area contributed by atoms with Crippen LogP contribution in [0.4, 0.5) is 0 Å². The molecule has 0 aliphatic rings. The fourth-order valence-electron chi connectivity index (χ4n) is 1.95. The van der Waals surface area contributed by atoms with Gasteiger partial charge < -0.3 is 0 Å². The minimum Gasteiger partial charge on any atom is -0.220 e. The highest BCUT2D eigenvalue weighted by Crippen LogP contribution is 2.31. The maximum atomic E-state index is 6.37. The Hall–Kier alpha value is -0.990. The number of rotatable bonds is 2. The molecule has 17 heavy (non-hydrogen) atoms. The molecule has 0 radical (unpaired) electrons. The summed E-state index contributed by atoms with van der Waals surface area (Å²) in [6.45, 7) is 6.17. The van der Waals surface area contributed by atoms with Crippen molar-refractivity contribution in [3.8, 4) is 5.69 Å². The molecule has 90 valence electrons. The molecule has 0 aliphatic heterocycles. The number of nitrogens with zero attached hydrogens (tertiary/aromatic N) is 2. The SMILES string of the molecule is Cc1nn(-c2ccccc2Cl)c(Cl)c1C(C)C. The Labute approximate surface area is 111 Å². The van der Waals surface area contributed by atoms with E-state index in [1.165, 1.54) is 0 Å². The van der Waals surface area contributed by atoms with Crippen molar-refractivity contribution in [2.75, 3.05) is 0 Å². The van der Waals surface area contributed by atoms with Crippen molar-refractivity contribution in [3.05, 3.63) is 45.7 Å². The van der Waals surface area contributed by atoms with Crippen LogP contribution in [0.25, 0.3) is 5.69 Å². The summed E-state index contributed by atoms with van der Waals surface area (Å²) in [4.78, 5) is 0. The van der Waals surface area contributed by atoms with Crippen molar-refractivity contribution in [2.45, 2.75) is 26.7 Å². The molecule has 2 aromatic rings. The maximum absolute atomic E-state index is 6.37. The Bertz CT molecular complexity index is 544. The van der Waals surface area contributed by atoms with E-state index in [-0.39, 0.29) is 0 Å². The van der Waals surface area contributed by atoms with Crippen molar-refractivity contribution >= 4 is 23.2 Å². The summed E-state index contributed by atoms with van der Waals surface area (Å²) in [5, 5.41) is 5.75. The van der Waals surface area contributed by atoms with E-state index in [2.05, 4.69) is 18.9 Å². The molecule has 0 atom stereocenters. The average molecular weight is 269 g/mol. The standard InChI is InChI=1S/C13H14Cl2N2/c1-8(2)12-9(3)16-17(13(12)15)11-7-5-4-6-10(11)14/h4-8H,1-3H3. The molecule has 0 unspecified atom stereocenters. The molecule has 1 aromatic carbocycles. The monoisotopic (exact) mass is 268 g/mol. The van der Waals surface area contributed by atoms with Crippen LogP contribution in [0, 0.1) is 6.92 Å². The van der Waals surface area contributed by atoms with Gasteiger partial charge in [0.05, 0.1) is 16.4 Å². The smallest absolute Gasteiger partial charge is 0.136 e. The highest BCUT2D eigenvalue weighted by molar-refractivity contribution is 6.33. The highest BCUT2D eigenvalue weighted by Gasteiger charge is 2.18. The highest BCUT2D eigenvalue weighted by atomic mass is 35.5. The van der Waals surface area contributed by atoms with Crippen molar-refractivity contribution < 1.29 is 0 Å². The third kappa shape index (κ3) is 2.20. The third-order valence-corrected chi connectivity index (χ3v) is 3.39. The molecule has 2 rings (SSSR count). The van der Waals surface area contributed by atoms with E-state index in [1.807, 2.05) is 31.2 Å². The van der Waals surface area contributed by atoms with Crippen molar-refractivity contribution in [1.29, 1.82) is 0 Å². The van der Waals surface area contributed by atoms with E-state index in [0.29, 0.717) is 16.1 Å². The van der Waals surface area contributed by atoms with E-state index in [9.17, 15) is 0 Å². The van der Waals surface area contributed by atoms with Gasteiger partial charge in [0.2, 0.25) is 0 Å². The molecular weight excluding hydrogens is 255 g/mol. The summed E-state index contributed by atoms with van der Waals surface area (Å²) in [7, 11) is 0. The van der Waals surface area contributed by atoms with Crippen LogP contribution >= 0.6 is 23.2 Å². The lowest BCUT2D eigenvalue weighted by molar-refractivity contribution is 0.857. The first kappa shape index (κ1) is 12.5. The molecule has 1 heterocycles. The van der Waals surface area contributed by atoms with Crippen LogP contribution in [0.3, 0.4) is 0 Å². The van der Waals surface area contributed by atoms with Gasteiger partial charge in [-0.1, -0.05) is 49.2 Å². The molecule has 0 bridgehead atoms.